The lowest BCUT2D eigenvalue weighted by atomic mass is 10.1. The highest BCUT2D eigenvalue weighted by Crippen LogP contribution is 2.19. The number of carbonyl (C=O) groups excluding carboxylic acids is 1. The van der Waals surface area contributed by atoms with Gasteiger partial charge in [0.2, 0.25) is 0 Å². The summed E-state index contributed by atoms with van der Waals surface area (Å²) in [4.78, 5) is 15.0. The molecule has 2 aromatic rings. The molecule has 2 N–H and O–H groups in total. The van der Waals surface area contributed by atoms with Crippen LogP contribution in [0.15, 0.2) is 30.5 Å². The first-order chi connectivity index (χ1) is 7.83. The summed E-state index contributed by atoms with van der Waals surface area (Å²) >= 11 is 1.45. The highest BCUT2D eigenvalue weighted by molar-refractivity contribution is 8.00. The molecular weight excluding hydrogens is 222 g/mol. The molecule has 0 aliphatic rings. The van der Waals surface area contributed by atoms with Crippen molar-refractivity contribution in [2.24, 2.45) is 0 Å². The van der Waals surface area contributed by atoms with E-state index in [9.17, 15) is 4.79 Å². The van der Waals surface area contributed by atoms with E-state index in [1.807, 2.05) is 24.3 Å². The Labute approximate surface area is 97.9 Å². The van der Waals surface area contributed by atoms with Crippen LogP contribution in [0.25, 0.3) is 10.9 Å². The van der Waals surface area contributed by atoms with Crippen molar-refractivity contribution >= 4 is 28.4 Å². The molecule has 0 radical (unpaired) electrons. The van der Waals surface area contributed by atoms with Crippen molar-refractivity contribution in [3.63, 3.8) is 0 Å². The number of thioether (sulfide) groups is 1. The minimum atomic E-state index is 0.107. The summed E-state index contributed by atoms with van der Waals surface area (Å²) in [6.07, 6.45) is 1.76. The largest absolute Gasteiger partial charge is 0.396 e. The molecule has 1 aromatic heterocycles. The molecule has 0 amide bonds. The van der Waals surface area contributed by atoms with Crippen LogP contribution in [0.5, 0.6) is 0 Å². The highest BCUT2D eigenvalue weighted by atomic mass is 32.2. The van der Waals surface area contributed by atoms with Gasteiger partial charge in [-0.1, -0.05) is 18.2 Å². The normalized spacial score (nSPS) is 10.8. The van der Waals surface area contributed by atoms with Gasteiger partial charge in [-0.2, -0.15) is 11.8 Å². The molecule has 1 heterocycles. The smallest absolute Gasteiger partial charge is 0.174 e. The predicted octanol–water partition coefficient (Wildman–Crippen LogP) is 2.08. The zero-order valence-electron chi connectivity index (χ0n) is 8.77. The second-order valence-corrected chi connectivity index (χ2v) is 4.55. The number of carbonyl (C=O) groups is 1. The Morgan fingerprint density at radius 3 is 3.00 bits per heavy atom. The van der Waals surface area contributed by atoms with Gasteiger partial charge in [-0.15, -0.1) is 0 Å². The second kappa shape index (κ2) is 5.18. The van der Waals surface area contributed by atoms with Crippen LogP contribution in [0, 0.1) is 0 Å². The van der Waals surface area contributed by atoms with Gasteiger partial charge < -0.3 is 10.1 Å². The molecule has 16 heavy (non-hydrogen) atoms. The fourth-order valence-corrected chi connectivity index (χ4v) is 2.22. The molecule has 1 aromatic carbocycles. The summed E-state index contributed by atoms with van der Waals surface area (Å²) in [5.41, 5.74) is 1.72. The Morgan fingerprint density at radius 1 is 1.38 bits per heavy atom. The van der Waals surface area contributed by atoms with E-state index in [-0.39, 0.29) is 12.4 Å². The number of ketones is 1. The molecule has 0 saturated carbocycles. The van der Waals surface area contributed by atoms with Crippen LogP contribution in [0.1, 0.15) is 10.4 Å². The molecule has 4 heteroatoms. The SMILES string of the molecule is O=C(CSCCO)c1c[nH]c2ccccc12. The number of H-pyrrole nitrogens is 1. The van der Waals surface area contributed by atoms with Crippen LogP contribution in [0.4, 0.5) is 0 Å². The first kappa shape index (κ1) is 11.2. The van der Waals surface area contributed by atoms with Gasteiger partial charge in [0, 0.05) is 28.4 Å². The lowest BCUT2D eigenvalue weighted by Gasteiger charge is -1.98. The quantitative estimate of drug-likeness (QED) is 0.616. The molecule has 0 unspecified atom stereocenters. The predicted molar refractivity (Wildman–Crippen MR) is 67.0 cm³/mol. The fourth-order valence-electron chi connectivity index (χ4n) is 1.61. The fraction of sp³-hybridized carbons (Fsp3) is 0.250. The third-order valence-electron chi connectivity index (χ3n) is 2.36. The van der Waals surface area contributed by atoms with Gasteiger partial charge in [0.15, 0.2) is 5.78 Å². The minimum Gasteiger partial charge on any atom is -0.396 e. The molecule has 0 fully saturated rings. The van der Waals surface area contributed by atoms with Crippen LogP contribution in [-0.2, 0) is 0 Å². The number of hydrogen-bond acceptors (Lipinski definition) is 3. The third-order valence-corrected chi connectivity index (χ3v) is 3.30. The highest BCUT2D eigenvalue weighted by Gasteiger charge is 2.10. The molecule has 0 atom stereocenters. The number of rotatable bonds is 5. The molecule has 0 aliphatic carbocycles. The number of aliphatic hydroxyl groups is 1. The monoisotopic (exact) mass is 235 g/mol. The average molecular weight is 235 g/mol. The van der Waals surface area contributed by atoms with Gasteiger partial charge in [-0.25, -0.2) is 0 Å². The van der Waals surface area contributed by atoms with Gasteiger partial charge in [0.1, 0.15) is 0 Å². The van der Waals surface area contributed by atoms with Crippen LogP contribution in [-0.4, -0.2) is 34.0 Å². The Balaban J connectivity index is 2.17. The van der Waals surface area contributed by atoms with Crippen molar-refractivity contribution in [3.05, 3.63) is 36.0 Å². The van der Waals surface area contributed by atoms with Crippen molar-refractivity contribution in [2.45, 2.75) is 0 Å². The summed E-state index contributed by atoms with van der Waals surface area (Å²) in [6.45, 7) is 0.117. The Hall–Kier alpha value is -1.26. The van der Waals surface area contributed by atoms with Crippen molar-refractivity contribution < 1.29 is 9.90 Å². The molecule has 0 bridgehead atoms. The first-order valence-corrected chi connectivity index (χ1v) is 6.26. The Kier molecular flexibility index (Phi) is 3.64. The number of aromatic nitrogens is 1. The number of aliphatic hydroxyl groups excluding tert-OH is 1. The van der Waals surface area contributed by atoms with Crippen LogP contribution in [0.3, 0.4) is 0 Å². The third kappa shape index (κ3) is 2.28. The van der Waals surface area contributed by atoms with E-state index < -0.39 is 0 Å². The van der Waals surface area contributed by atoms with E-state index in [1.54, 1.807) is 6.20 Å². The van der Waals surface area contributed by atoms with E-state index >= 15 is 0 Å². The summed E-state index contributed by atoms with van der Waals surface area (Å²) in [6, 6.07) is 7.75. The van der Waals surface area contributed by atoms with Crippen molar-refractivity contribution in [1.82, 2.24) is 4.98 Å². The molecule has 84 valence electrons. The Morgan fingerprint density at radius 2 is 2.19 bits per heavy atom. The standard InChI is InChI=1S/C12H13NO2S/c14-5-6-16-8-12(15)10-7-13-11-4-2-1-3-9(10)11/h1-4,7,13-14H,5-6,8H2. The van der Waals surface area contributed by atoms with E-state index in [0.717, 1.165) is 16.5 Å². The molecule has 0 aliphatic heterocycles. The number of para-hydroxylation sites is 1. The lowest BCUT2D eigenvalue weighted by molar-refractivity contribution is 0.102. The number of nitrogens with one attached hydrogen (secondary N) is 1. The Bertz CT molecular complexity index is 492. The van der Waals surface area contributed by atoms with E-state index in [1.165, 1.54) is 11.8 Å². The molecular formula is C12H13NO2S. The molecule has 0 saturated heterocycles. The van der Waals surface area contributed by atoms with E-state index in [2.05, 4.69) is 4.98 Å². The maximum atomic E-state index is 11.9. The maximum absolute atomic E-state index is 11.9. The maximum Gasteiger partial charge on any atom is 0.174 e. The van der Waals surface area contributed by atoms with Crippen molar-refractivity contribution in [3.8, 4) is 0 Å². The van der Waals surface area contributed by atoms with E-state index in [0.29, 0.717) is 11.5 Å². The van der Waals surface area contributed by atoms with Gasteiger partial charge in [-0.05, 0) is 6.07 Å². The van der Waals surface area contributed by atoms with Crippen LogP contribution in [0.2, 0.25) is 0 Å². The van der Waals surface area contributed by atoms with Crippen molar-refractivity contribution in [1.29, 1.82) is 0 Å². The topological polar surface area (TPSA) is 53.1 Å². The van der Waals surface area contributed by atoms with Gasteiger partial charge >= 0.3 is 0 Å². The zero-order valence-corrected chi connectivity index (χ0v) is 9.59. The summed E-state index contributed by atoms with van der Waals surface area (Å²) in [7, 11) is 0. The first-order valence-electron chi connectivity index (χ1n) is 5.11. The number of aromatic amines is 1. The second-order valence-electron chi connectivity index (χ2n) is 3.45. The number of fused-ring (bicyclic) bond motifs is 1. The minimum absolute atomic E-state index is 0.107. The lowest BCUT2D eigenvalue weighted by Crippen LogP contribution is -2.03. The van der Waals surface area contributed by atoms with Crippen LogP contribution >= 0.6 is 11.8 Å². The molecule has 3 nitrogen and oxygen atoms in total. The van der Waals surface area contributed by atoms with Gasteiger partial charge in [0.25, 0.3) is 0 Å². The average Bonchev–Trinajstić information content (AvgIpc) is 2.73. The summed E-state index contributed by atoms with van der Waals surface area (Å²) in [5, 5.41) is 9.61. The van der Waals surface area contributed by atoms with Gasteiger partial charge in [-0.3, -0.25) is 4.79 Å². The van der Waals surface area contributed by atoms with Crippen LogP contribution < -0.4 is 0 Å². The molecule has 2 rings (SSSR count). The van der Waals surface area contributed by atoms with Gasteiger partial charge in [0.05, 0.1) is 12.4 Å². The number of Topliss-reactive ketones (excluding diaryl/α,β-unsaturated/α-hetero) is 1. The number of hydrogen-bond donors (Lipinski definition) is 2. The summed E-state index contributed by atoms with van der Waals surface area (Å²) in [5.74, 6) is 1.13. The number of benzene rings is 1. The zero-order chi connectivity index (χ0) is 11.4. The molecule has 0 spiro atoms. The van der Waals surface area contributed by atoms with Crippen molar-refractivity contribution in [2.75, 3.05) is 18.1 Å². The van der Waals surface area contributed by atoms with E-state index in [4.69, 9.17) is 5.11 Å². The summed E-state index contributed by atoms with van der Waals surface area (Å²) < 4.78 is 0.